The highest BCUT2D eigenvalue weighted by Gasteiger charge is 2.36. The third kappa shape index (κ3) is 4.41. The van der Waals surface area contributed by atoms with Gasteiger partial charge in [0.15, 0.2) is 0 Å². The highest BCUT2D eigenvalue weighted by Crippen LogP contribution is 2.30. The van der Waals surface area contributed by atoms with Crippen molar-refractivity contribution in [2.24, 2.45) is 0 Å². The molecule has 1 aliphatic carbocycles. The second kappa shape index (κ2) is 7.91. The molecular weight excluding hydrogens is 264 g/mol. The van der Waals surface area contributed by atoms with Crippen molar-refractivity contribution >= 4 is 0 Å². The van der Waals surface area contributed by atoms with Gasteiger partial charge in [-0.1, -0.05) is 20.8 Å². The molecule has 1 aliphatic heterocycles. The number of morpholine rings is 1. The van der Waals surface area contributed by atoms with Gasteiger partial charge in [-0.15, -0.1) is 0 Å². The van der Waals surface area contributed by atoms with E-state index in [0.717, 1.165) is 39.0 Å². The highest BCUT2D eigenvalue weighted by molar-refractivity contribution is 4.91. The van der Waals surface area contributed by atoms with Gasteiger partial charge in [0, 0.05) is 24.2 Å². The Labute approximate surface area is 130 Å². The lowest BCUT2D eigenvalue weighted by molar-refractivity contribution is -0.0565. The van der Waals surface area contributed by atoms with Crippen molar-refractivity contribution in [2.75, 3.05) is 26.3 Å². The topological polar surface area (TPSA) is 44.7 Å². The van der Waals surface area contributed by atoms with Crippen LogP contribution < -0.4 is 5.32 Å². The fourth-order valence-electron chi connectivity index (χ4n) is 4.10. The van der Waals surface area contributed by atoms with E-state index in [1.165, 1.54) is 19.3 Å². The summed E-state index contributed by atoms with van der Waals surface area (Å²) in [4.78, 5) is 2.63. The number of nitrogens with zero attached hydrogens (tertiary/aromatic N) is 1. The maximum atomic E-state index is 9.82. The van der Waals surface area contributed by atoms with E-state index < -0.39 is 0 Å². The maximum absolute atomic E-state index is 9.82. The first-order chi connectivity index (χ1) is 10.1. The van der Waals surface area contributed by atoms with Crippen molar-refractivity contribution in [3.05, 3.63) is 0 Å². The second-order valence-electron chi connectivity index (χ2n) is 7.14. The molecule has 2 aliphatic rings. The lowest BCUT2D eigenvalue weighted by atomic mass is 9.90. The summed E-state index contributed by atoms with van der Waals surface area (Å²) in [5.41, 5.74) is -0.102. The lowest BCUT2D eigenvalue weighted by Crippen LogP contribution is -2.52. The molecule has 1 heterocycles. The van der Waals surface area contributed by atoms with Gasteiger partial charge in [-0.05, 0) is 45.1 Å². The molecule has 2 N–H and O–H groups in total. The van der Waals surface area contributed by atoms with Crippen LogP contribution in [0.25, 0.3) is 0 Å². The summed E-state index contributed by atoms with van der Waals surface area (Å²) in [6, 6.07) is 1.07. The van der Waals surface area contributed by atoms with E-state index in [4.69, 9.17) is 4.74 Å². The number of hydrogen-bond donors (Lipinski definition) is 2. The third-order valence-corrected chi connectivity index (χ3v) is 5.27. The number of ether oxygens (including phenoxy) is 1. The van der Waals surface area contributed by atoms with E-state index in [-0.39, 0.29) is 12.1 Å². The van der Waals surface area contributed by atoms with Crippen molar-refractivity contribution in [2.45, 2.75) is 83.0 Å². The molecule has 1 saturated heterocycles. The Kier molecular flexibility index (Phi) is 6.48. The Morgan fingerprint density at radius 1 is 1.38 bits per heavy atom. The van der Waals surface area contributed by atoms with Crippen LogP contribution >= 0.6 is 0 Å². The van der Waals surface area contributed by atoms with E-state index in [2.05, 4.69) is 31.0 Å². The van der Waals surface area contributed by atoms with Gasteiger partial charge in [-0.2, -0.15) is 0 Å². The molecule has 0 aromatic heterocycles. The summed E-state index contributed by atoms with van der Waals surface area (Å²) in [5.74, 6) is 0. The van der Waals surface area contributed by atoms with E-state index in [0.29, 0.717) is 18.2 Å². The highest BCUT2D eigenvalue weighted by atomic mass is 16.5. The number of rotatable bonds is 8. The average molecular weight is 298 g/mol. The molecule has 2 rings (SSSR count). The van der Waals surface area contributed by atoms with Crippen LogP contribution in [0.5, 0.6) is 0 Å². The largest absolute Gasteiger partial charge is 0.394 e. The zero-order valence-corrected chi connectivity index (χ0v) is 14.1. The molecule has 0 radical (unpaired) electrons. The molecule has 0 aromatic carbocycles. The number of aliphatic hydroxyl groups excluding tert-OH is 1. The number of fused-ring (bicyclic) bond motifs is 1. The zero-order chi connectivity index (χ0) is 15.3. The molecule has 0 spiro atoms. The molecule has 124 valence electrons. The summed E-state index contributed by atoms with van der Waals surface area (Å²) >= 11 is 0. The summed E-state index contributed by atoms with van der Waals surface area (Å²) in [5, 5.41) is 13.4. The van der Waals surface area contributed by atoms with Crippen LogP contribution in [0.4, 0.5) is 0 Å². The zero-order valence-electron chi connectivity index (χ0n) is 14.1. The fraction of sp³-hybridized carbons (Fsp3) is 1.00. The smallest absolute Gasteiger partial charge is 0.0730 e. The van der Waals surface area contributed by atoms with Crippen molar-refractivity contribution < 1.29 is 9.84 Å². The maximum Gasteiger partial charge on any atom is 0.0730 e. The van der Waals surface area contributed by atoms with Crippen LogP contribution in [0.1, 0.15) is 59.3 Å². The van der Waals surface area contributed by atoms with Gasteiger partial charge < -0.3 is 15.2 Å². The minimum atomic E-state index is -0.102. The first-order valence-electron chi connectivity index (χ1n) is 8.84. The molecule has 0 amide bonds. The van der Waals surface area contributed by atoms with Gasteiger partial charge in [-0.25, -0.2) is 0 Å². The molecule has 0 aromatic rings. The van der Waals surface area contributed by atoms with E-state index in [9.17, 15) is 5.11 Å². The number of hydrogen-bond acceptors (Lipinski definition) is 4. The molecular formula is C17H34N2O2. The molecule has 0 bridgehead atoms. The summed E-state index contributed by atoms with van der Waals surface area (Å²) < 4.78 is 5.88. The van der Waals surface area contributed by atoms with Crippen LogP contribution in [-0.4, -0.2) is 60.0 Å². The third-order valence-electron chi connectivity index (χ3n) is 5.27. The molecule has 2 fully saturated rings. The van der Waals surface area contributed by atoms with Gasteiger partial charge >= 0.3 is 0 Å². The second-order valence-corrected chi connectivity index (χ2v) is 7.14. The fourth-order valence-corrected chi connectivity index (χ4v) is 4.10. The molecule has 3 unspecified atom stereocenters. The van der Waals surface area contributed by atoms with Gasteiger partial charge in [0.05, 0.1) is 19.3 Å². The Hall–Kier alpha value is -0.160. The molecule has 1 saturated carbocycles. The Morgan fingerprint density at radius 3 is 2.86 bits per heavy atom. The van der Waals surface area contributed by atoms with Crippen molar-refractivity contribution in [3.8, 4) is 0 Å². The average Bonchev–Trinajstić information content (AvgIpc) is 2.95. The quantitative estimate of drug-likeness (QED) is 0.721. The monoisotopic (exact) mass is 298 g/mol. The summed E-state index contributed by atoms with van der Waals surface area (Å²) in [6.45, 7) is 9.84. The lowest BCUT2D eigenvalue weighted by Gasteiger charge is -2.39. The minimum absolute atomic E-state index is 0.102. The Morgan fingerprint density at radius 2 is 2.19 bits per heavy atom. The van der Waals surface area contributed by atoms with Gasteiger partial charge in [0.2, 0.25) is 0 Å². The normalized spacial score (nSPS) is 29.6. The molecule has 4 heteroatoms. The summed E-state index contributed by atoms with van der Waals surface area (Å²) in [6.07, 6.45) is 7.53. The molecule has 21 heavy (non-hydrogen) atoms. The van der Waals surface area contributed by atoms with Crippen LogP contribution in [0, 0.1) is 0 Å². The van der Waals surface area contributed by atoms with E-state index in [1.54, 1.807) is 0 Å². The standard InChI is InChI=1S/C17H34N2O2/c1-4-17(13-20,18-14(2)3)9-6-10-19-11-12-21-16-8-5-7-15(16)19/h14-16,18,20H,4-13H2,1-3H3. The number of nitrogens with one attached hydrogen (secondary N) is 1. The van der Waals surface area contributed by atoms with E-state index in [1.807, 2.05) is 0 Å². The van der Waals surface area contributed by atoms with Crippen LogP contribution in [0.15, 0.2) is 0 Å². The van der Waals surface area contributed by atoms with Gasteiger partial charge in [0.1, 0.15) is 0 Å². The van der Waals surface area contributed by atoms with Crippen LogP contribution in [0.2, 0.25) is 0 Å². The summed E-state index contributed by atoms with van der Waals surface area (Å²) in [7, 11) is 0. The Bertz CT molecular complexity index is 305. The predicted molar refractivity (Wildman–Crippen MR) is 86.6 cm³/mol. The van der Waals surface area contributed by atoms with Crippen LogP contribution in [0.3, 0.4) is 0 Å². The van der Waals surface area contributed by atoms with Crippen molar-refractivity contribution in [3.63, 3.8) is 0 Å². The first kappa shape index (κ1) is 17.2. The predicted octanol–water partition coefficient (Wildman–Crippen LogP) is 2.16. The van der Waals surface area contributed by atoms with Crippen molar-refractivity contribution in [1.29, 1.82) is 0 Å². The van der Waals surface area contributed by atoms with Crippen LogP contribution in [-0.2, 0) is 4.74 Å². The van der Waals surface area contributed by atoms with E-state index >= 15 is 0 Å². The SMILES string of the molecule is CCC(CO)(CCCN1CCOC2CCCC21)NC(C)C. The van der Waals surface area contributed by atoms with Gasteiger partial charge in [0.25, 0.3) is 0 Å². The van der Waals surface area contributed by atoms with Gasteiger partial charge in [-0.3, -0.25) is 4.90 Å². The van der Waals surface area contributed by atoms with Crippen molar-refractivity contribution in [1.82, 2.24) is 10.2 Å². The Balaban J connectivity index is 1.81. The molecule has 4 nitrogen and oxygen atoms in total. The first-order valence-corrected chi connectivity index (χ1v) is 8.84. The minimum Gasteiger partial charge on any atom is -0.394 e. The molecule has 3 atom stereocenters. The number of aliphatic hydroxyl groups is 1.